The average molecular weight is 531 g/mol. The summed E-state index contributed by atoms with van der Waals surface area (Å²) in [4.78, 5) is 5.56. The van der Waals surface area contributed by atoms with Crippen LogP contribution in [0.25, 0.3) is 0 Å². The van der Waals surface area contributed by atoms with Crippen LogP contribution >= 0.6 is 0 Å². The van der Waals surface area contributed by atoms with E-state index in [1.807, 2.05) is 140 Å². The lowest BCUT2D eigenvalue weighted by molar-refractivity contribution is 0.506. The van der Waals surface area contributed by atoms with E-state index in [0.29, 0.717) is 0 Å². The van der Waals surface area contributed by atoms with Gasteiger partial charge < -0.3 is 0 Å². The van der Waals surface area contributed by atoms with Gasteiger partial charge in [0.05, 0.1) is 22.7 Å². The molecule has 0 aromatic heterocycles. The molecule has 39 heavy (non-hydrogen) atoms. The summed E-state index contributed by atoms with van der Waals surface area (Å²) in [6.45, 7) is 1.94. The molecule has 0 radical (unpaired) electrons. The Morgan fingerprint density at radius 2 is 1.03 bits per heavy atom. The van der Waals surface area contributed by atoms with Crippen molar-refractivity contribution in [1.82, 2.24) is 4.72 Å². The van der Waals surface area contributed by atoms with E-state index in [9.17, 15) is 8.42 Å². The summed E-state index contributed by atoms with van der Waals surface area (Å²) < 4.78 is 30.5. The minimum atomic E-state index is -3.86. The second kappa shape index (κ2) is 12.0. The van der Waals surface area contributed by atoms with Crippen LogP contribution in [0.1, 0.15) is 39.9 Å². The van der Waals surface area contributed by atoms with Crippen molar-refractivity contribution < 1.29 is 8.42 Å². The maximum Gasteiger partial charge on any atom is 0.241 e. The van der Waals surface area contributed by atoms with Gasteiger partial charge in [-0.1, -0.05) is 139 Å². The maximum atomic E-state index is 13.7. The van der Waals surface area contributed by atoms with Crippen molar-refractivity contribution in [3.63, 3.8) is 0 Å². The number of nitrogens with zero attached hydrogens (tertiary/aromatic N) is 1. The van der Waals surface area contributed by atoms with Gasteiger partial charge in [0, 0.05) is 11.1 Å². The van der Waals surface area contributed by atoms with Gasteiger partial charge in [0.15, 0.2) is 0 Å². The van der Waals surface area contributed by atoms with Crippen molar-refractivity contribution in [2.45, 2.75) is 23.9 Å². The first-order valence-corrected chi connectivity index (χ1v) is 14.4. The highest BCUT2D eigenvalue weighted by Gasteiger charge is 2.30. The number of hydrogen-bond donors (Lipinski definition) is 1. The minimum Gasteiger partial charge on any atom is -0.274 e. The Balaban J connectivity index is 1.70. The normalized spacial score (nSPS) is 12.8. The molecular formula is C34H30N2O2S. The van der Waals surface area contributed by atoms with E-state index >= 15 is 0 Å². The fourth-order valence-corrected chi connectivity index (χ4v) is 5.80. The summed E-state index contributed by atoms with van der Waals surface area (Å²) >= 11 is 0. The standard InChI is InChI=1S/C34H30N2O2S/c1-26-22-24-31(25-23-26)39(37,38)36-34(30-20-12-5-13-21-30)33(29-18-10-4-11-19-29)35-32(27-14-6-2-7-15-27)28-16-8-3-9-17-28/h2-25,33-34,36H,1H3/t33-,34-/m0/s1. The SMILES string of the molecule is Cc1ccc(S(=O)(=O)N[C@@H](c2ccccc2)[C@@H](N=C(c2ccccc2)c2ccccc2)c2ccccc2)cc1. The summed E-state index contributed by atoms with van der Waals surface area (Å²) in [5, 5.41) is 0. The molecule has 0 aliphatic carbocycles. The molecule has 2 atom stereocenters. The van der Waals surface area contributed by atoms with Gasteiger partial charge in [-0.15, -0.1) is 0 Å². The van der Waals surface area contributed by atoms with E-state index in [0.717, 1.165) is 33.5 Å². The van der Waals surface area contributed by atoms with Crippen LogP contribution in [-0.4, -0.2) is 14.1 Å². The molecule has 5 aromatic carbocycles. The van der Waals surface area contributed by atoms with Crippen LogP contribution in [0.4, 0.5) is 0 Å². The number of aryl methyl sites for hydroxylation is 1. The zero-order valence-electron chi connectivity index (χ0n) is 21.7. The van der Waals surface area contributed by atoms with Crippen molar-refractivity contribution in [2.75, 3.05) is 0 Å². The Bertz CT molecular complexity index is 1580. The van der Waals surface area contributed by atoms with E-state index in [-0.39, 0.29) is 4.90 Å². The van der Waals surface area contributed by atoms with Gasteiger partial charge in [-0.05, 0) is 30.2 Å². The zero-order valence-corrected chi connectivity index (χ0v) is 22.5. The molecule has 5 aromatic rings. The highest BCUT2D eigenvalue weighted by atomic mass is 32.2. The summed E-state index contributed by atoms with van der Waals surface area (Å²) in [6, 6.07) is 45.2. The third-order valence-electron chi connectivity index (χ3n) is 6.59. The molecule has 0 saturated heterocycles. The molecule has 5 rings (SSSR count). The van der Waals surface area contributed by atoms with E-state index in [1.54, 1.807) is 12.1 Å². The minimum absolute atomic E-state index is 0.219. The van der Waals surface area contributed by atoms with Crippen LogP contribution in [0.15, 0.2) is 155 Å². The van der Waals surface area contributed by atoms with Crippen LogP contribution in [0.3, 0.4) is 0 Å². The van der Waals surface area contributed by atoms with Gasteiger partial charge >= 0.3 is 0 Å². The van der Waals surface area contributed by atoms with Crippen LogP contribution in [0, 0.1) is 6.92 Å². The Hall–Kier alpha value is -4.32. The van der Waals surface area contributed by atoms with Crippen molar-refractivity contribution in [3.8, 4) is 0 Å². The first-order valence-electron chi connectivity index (χ1n) is 12.9. The van der Waals surface area contributed by atoms with Crippen LogP contribution in [0.5, 0.6) is 0 Å². The average Bonchev–Trinajstić information content (AvgIpc) is 2.99. The molecule has 4 nitrogen and oxygen atoms in total. The van der Waals surface area contributed by atoms with Crippen LogP contribution in [0.2, 0.25) is 0 Å². The van der Waals surface area contributed by atoms with Gasteiger partial charge in [0.1, 0.15) is 0 Å². The molecule has 194 valence electrons. The van der Waals surface area contributed by atoms with E-state index in [2.05, 4.69) is 4.72 Å². The predicted molar refractivity (Wildman–Crippen MR) is 158 cm³/mol. The Morgan fingerprint density at radius 3 is 1.51 bits per heavy atom. The number of nitrogens with one attached hydrogen (secondary N) is 1. The highest BCUT2D eigenvalue weighted by Crippen LogP contribution is 2.35. The first kappa shape index (κ1) is 26.3. The summed E-state index contributed by atoms with van der Waals surface area (Å²) in [5.41, 5.74) is 5.43. The van der Waals surface area contributed by atoms with Crippen LogP contribution < -0.4 is 4.72 Å². The molecule has 0 unspecified atom stereocenters. The molecule has 0 fully saturated rings. The number of hydrogen-bond acceptors (Lipinski definition) is 3. The molecule has 0 aliphatic rings. The molecule has 0 saturated carbocycles. The van der Waals surface area contributed by atoms with E-state index < -0.39 is 22.1 Å². The van der Waals surface area contributed by atoms with Crippen molar-refractivity contribution in [1.29, 1.82) is 0 Å². The number of aliphatic imine (C=N–C) groups is 1. The molecule has 0 heterocycles. The Labute approximate surface area is 230 Å². The molecule has 0 bridgehead atoms. The quantitative estimate of drug-likeness (QED) is 0.203. The number of sulfonamides is 1. The maximum absolute atomic E-state index is 13.7. The number of benzene rings is 5. The highest BCUT2D eigenvalue weighted by molar-refractivity contribution is 7.89. The predicted octanol–water partition coefficient (Wildman–Crippen LogP) is 7.29. The second-order valence-corrected chi connectivity index (χ2v) is 11.1. The summed E-state index contributed by atoms with van der Waals surface area (Å²) in [5.74, 6) is 0. The van der Waals surface area contributed by atoms with Crippen molar-refractivity contribution in [3.05, 3.63) is 173 Å². The van der Waals surface area contributed by atoms with Gasteiger partial charge in [-0.25, -0.2) is 13.1 Å². The van der Waals surface area contributed by atoms with Gasteiger partial charge in [-0.2, -0.15) is 0 Å². The van der Waals surface area contributed by atoms with Gasteiger partial charge in [-0.3, -0.25) is 4.99 Å². The third kappa shape index (κ3) is 6.40. The van der Waals surface area contributed by atoms with Gasteiger partial charge in [0.2, 0.25) is 10.0 Å². The molecule has 5 heteroatoms. The fraction of sp³-hybridized carbons (Fsp3) is 0.0882. The Kier molecular flexibility index (Phi) is 8.11. The van der Waals surface area contributed by atoms with E-state index in [4.69, 9.17) is 4.99 Å². The molecule has 0 spiro atoms. The fourth-order valence-electron chi connectivity index (χ4n) is 4.57. The first-order chi connectivity index (χ1) is 19.0. The topological polar surface area (TPSA) is 58.5 Å². The van der Waals surface area contributed by atoms with Gasteiger partial charge in [0.25, 0.3) is 0 Å². The molecule has 0 aliphatic heterocycles. The second-order valence-electron chi connectivity index (χ2n) is 9.39. The molecule has 0 amide bonds. The smallest absolute Gasteiger partial charge is 0.241 e. The summed E-state index contributed by atoms with van der Waals surface area (Å²) in [7, 11) is -3.86. The lowest BCUT2D eigenvalue weighted by Crippen LogP contribution is -2.32. The lowest BCUT2D eigenvalue weighted by Gasteiger charge is -2.27. The monoisotopic (exact) mass is 530 g/mol. The zero-order chi connectivity index (χ0) is 27.1. The molecule has 1 N–H and O–H groups in total. The molecular weight excluding hydrogens is 500 g/mol. The van der Waals surface area contributed by atoms with E-state index in [1.165, 1.54) is 0 Å². The Morgan fingerprint density at radius 1 is 0.590 bits per heavy atom. The third-order valence-corrected chi connectivity index (χ3v) is 8.05. The number of rotatable bonds is 9. The van der Waals surface area contributed by atoms with Crippen LogP contribution in [-0.2, 0) is 10.0 Å². The van der Waals surface area contributed by atoms with Crippen molar-refractivity contribution >= 4 is 15.7 Å². The summed E-state index contributed by atoms with van der Waals surface area (Å²) in [6.07, 6.45) is 0. The largest absolute Gasteiger partial charge is 0.274 e. The lowest BCUT2D eigenvalue weighted by atomic mass is 9.93. The van der Waals surface area contributed by atoms with Crippen molar-refractivity contribution in [2.24, 2.45) is 4.99 Å².